The van der Waals surface area contributed by atoms with Gasteiger partial charge < -0.3 is 10.2 Å². The average Bonchev–Trinajstić information content (AvgIpc) is 3.53. The zero-order valence-electron chi connectivity index (χ0n) is 17.5. The molecule has 5 rings (SSSR count). The average molecular weight is 495 g/mol. The Bertz CT molecular complexity index is 1520. The molecule has 0 aliphatic carbocycles. The van der Waals surface area contributed by atoms with Gasteiger partial charge in [0.05, 0.1) is 21.4 Å². The van der Waals surface area contributed by atoms with Crippen LogP contribution in [0.25, 0.3) is 16.0 Å². The zero-order chi connectivity index (χ0) is 24.1. The molecule has 0 bridgehead atoms. The van der Waals surface area contributed by atoms with E-state index in [1.807, 2.05) is 0 Å². The minimum atomic E-state index is -1.09. The number of aliphatic hydroxyl groups is 1. The summed E-state index contributed by atoms with van der Waals surface area (Å²) < 4.78 is 14.3. The second-order valence-electron chi connectivity index (χ2n) is 7.63. The first-order valence-electron chi connectivity index (χ1n) is 10.0. The Hall–Kier alpha value is -3.89. The molecule has 10 heteroatoms. The summed E-state index contributed by atoms with van der Waals surface area (Å²) in [5.41, 5.74) is 0.932. The molecule has 1 aliphatic heterocycles. The van der Waals surface area contributed by atoms with Gasteiger partial charge in [-0.05, 0) is 60.3 Å². The standard InChI is InChI=1S/C24H15FN2O5S2/c1-11-9-12(4-6-14(11)25)20(28)18-19(16-3-2-8-33-16)27(22(30)21(18)29)24-26-15-7-5-13(23(31)32)10-17(15)34-24/h2-10,19,28H,1H3,(H,31,32)/b20-18+. The normalized spacial score (nSPS) is 17.6. The van der Waals surface area contributed by atoms with Crippen LogP contribution in [-0.2, 0) is 9.59 Å². The van der Waals surface area contributed by atoms with Gasteiger partial charge in [0, 0.05) is 10.4 Å². The van der Waals surface area contributed by atoms with Gasteiger partial charge in [0.1, 0.15) is 17.6 Å². The number of carboxylic acid groups (broad SMARTS) is 1. The number of halogens is 1. The second-order valence-corrected chi connectivity index (χ2v) is 9.62. The van der Waals surface area contributed by atoms with Crippen molar-refractivity contribution < 1.29 is 29.0 Å². The van der Waals surface area contributed by atoms with Crippen LogP contribution in [0.5, 0.6) is 0 Å². The van der Waals surface area contributed by atoms with Gasteiger partial charge in [-0.1, -0.05) is 17.4 Å². The minimum absolute atomic E-state index is 0.0752. The lowest BCUT2D eigenvalue weighted by molar-refractivity contribution is -0.132. The number of aromatic carboxylic acids is 1. The number of fused-ring (bicyclic) bond motifs is 1. The van der Waals surface area contributed by atoms with Crippen molar-refractivity contribution in [2.75, 3.05) is 4.90 Å². The third kappa shape index (κ3) is 3.47. The zero-order valence-corrected chi connectivity index (χ0v) is 19.1. The van der Waals surface area contributed by atoms with E-state index in [1.54, 1.807) is 17.5 Å². The SMILES string of the molecule is Cc1cc(/C(O)=C2\C(=O)C(=O)N(c3nc4ccc(C(=O)O)cc4s3)C2c2cccs2)ccc1F. The number of benzene rings is 2. The molecule has 3 heterocycles. The number of nitrogens with zero attached hydrogens (tertiary/aromatic N) is 2. The monoisotopic (exact) mass is 494 g/mol. The lowest BCUT2D eigenvalue weighted by Crippen LogP contribution is -2.28. The molecule has 4 aromatic rings. The van der Waals surface area contributed by atoms with E-state index in [0.29, 0.717) is 15.1 Å². The predicted molar refractivity (Wildman–Crippen MR) is 127 cm³/mol. The van der Waals surface area contributed by atoms with Gasteiger partial charge in [0.25, 0.3) is 5.78 Å². The summed E-state index contributed by atoms with van der Waals surface area (Å²) in [6.45, 7) is 1.54. The number of ketones is 1. The van der Waals surface area contributed by atoms with E-state index in [-0.39, 0.29) is 27.4 Å². The number of carbonyl (C=O) groups excluding carboxylic acids is 2. The first-order valence-corrected chi connectivity index (χ1v) is 11.7. The van der Waals surface area contributed by atoms with Crippen molar-refractivity contribution in [1.29, 1.82) is 0 Å². The molecule has 1 unspecified atom stereocenters. The van der Waals surface area contributed by atoms with E-state index in [2.05, 4.69) is 4.98 Å². The van der Waals surface area contributed by atoms with Gasteiger partial charge in [-0.2, -0.15) is 0 Å². The number of hydrogen-bond donors (Lipinski definition) is 2. The molecular formula is C24H15FN2O5S2. The summed E-state index contributed by atoms with van der Waals surface area (Å²) in [6.07, 6.45) is 0. The van der Waals surface area contributed by atoms with Crippen molar-refractivity contribution in [2.45, 2.75) is 13.0 Å². The van der Waals surface area contributed by atoms with E-state index < -0.39 is 35.3 Å². The number of thiazole rings is 1. The van der Waals surface area contributed by atoms with Crippen molar-refractivity contribution in [2.24, 2.45) is 0 Å². The molecule has 1 atom stereocenters. The summed E-state index contributed by atoms with van der Waals surface area (Å²) in [7, 11) is 0. The van der Waals surface area contributed by atoms with E-state index in [4.69, 9.17) is 0 Å². The second kappa shape index (κ2) is 8.15. The topological polar surface area (TPSA) is 108 Å². The fourth-order valence-corrected chi connectivity index (χ4v) is 5.70. The molecule has 34 heavy (non-hydrogen) atoms. The van der Waals surface area contributed by atoms with E-state index >= 15 is 0 Å². The fraction of sp³-hybridized carbons (Fsp3) is 0.0833. The summed E-state index contributed by atoms with van der Waals surface area (Å²) >= 11 is 2.38. The van der Waals surface area contributed by atoms with Gasteiger partial charge in [-0.15, -0.1) is 11.3 Å². The van der Waals surface area contributed by atoms with Crippen LogP contribution in [-0.4, -0.2) is 32.9 Å². The Balaban J connectivity index is 1.69. The van der Waals surface area contributed by atoms with Crippen molar-refractivity contribution in [3.63, 3.8) is 0 Å². The van der Waals surface area contributed by atoms with Crippen molar-refractivity contribution in [3.05, 3.63) is 86.9 Å². The molecule has 0 spiro atoms. The highest BCUT2D eigenvalue weighted by Gasteiger charge is 2.48. The van der Waals surface area contributed by atoms with E-state index in [1.165, 1.54) is 59.6 Å². The summed E-state index contributed by atoms with van der Waals surface area (Å²) in [5, 5.41) is 22.3. The molecular weight excluding hydrogens is 479 g/mol. The number of carbonyl (C=O) groups is 3. The van der Waals surface area contributed by atoms with Crippen LogP contribution in [0.1, 0.15) is 32.4 Å². The first-order chi connectivity index (χ1) is 16.3. The van der Waals surface area contributed by atoms with Crippen LogP contribution in [0, 0.1) is 12.7 Å². The van der Waals surface area contributed by atoms with E-state index in [0.717, 1.165) is 11.3 Å². The Kier molecular flexibility index (Phi) is 5.26. The number of Topliss-reactive ketones (excluding diaryl/α,β-unsaturated/α-hetero) is 1. The third-order valence-corrected chi connectivity index (χ3v) is 7.46. The molecule has 2 aromatic carbocycles. The Labute approximate surface area is 200 Å². The summed E-state index contributed by atoms with van der Waals surface area (Å²) in [4.78, 5) is 44.0. The fourth-order valence-electron chi connectivity index (χ4n) is 3.84. The summed E-state index contributed by atoms with van der Waals surface area (Å²) in [6, 6.07) is 10.9. The third-order valence-electron chi connectivity index (χ3n) is 5.52. The lowest BCUT2D eigenvalue weighted by Gasteiger charge is -2.21. The highest BCUT2D eigenvalue weighted by molar-refractivity contribution is 7.22. The molecule has 1 saturated heterocycles. The molecule has 1 aliphatic rings. The molecule has 2 N–H and O–H groups in total. The minimum Gasteiger partial charge on any atom is -0.507 e. The van der Waals surface area contributed by atoms with Crippen LogP contribution in [0.4, 0.5) is 9.52 Å². The van der Waals surface area contributed by atoms with Crippen LogP contribution in [0.3, 0.4) is 0 Å². The maximum absolute atomic E-state index is 13.8. The van der Waals surface area contributed by atoms with E-state index in [9.17, 15) is 29.0 Å². The van der Waals surface area contributed by atoms with Gasteiger partial charge in [0.2, 0.25) is 0 Å². The van der Waals surface area contributed by atoms with Crippen LogP contribution in [0.15, 0.2) is 59.5 Å². The number of aromatic nitrogens is 1. The predicted octanol–water partition coefficient (Wildman–Crippen LogP) is 5.13. The number of thiophene rings is 1. The largest absolute Gasteiger partial charge is 0.507 e. The van der Waals surface area contributed by atoms with Gasteiger partial charge in [-0.3, -0.25) is 14.5 Å². The number of amides is 1. The molecule has 0 radical (unpaired) electrons. The number of aryl methyl sites for hydroxylation is 1. The molecule has 1 amide bonds. The smallest absolute Gasteiger partial charge is 0.335 e. The van der Waals surface area contributed by atoms with Gasteiger partial charge in [-0.25, -0.2) is 14.2 Å². The van der Waals surface area contributed by atoms with Crippen LogP contribution >= 0.6 is 22.7 Å². The van der Waals surface area contributed by atoms with Crippen molar-refractivity contribution in [1.82, 2.24) is 4.98 Å². The Morgan fingerprint density at radius 2 is 1.85 bits per heavy atom. The molecule has 2 aromatic heterocycles. The van der Waals surface area contributed by atoms with Gasteiger partial charge >= 0.3 is 11.9 Å². The number of anilines is 1. The number of aliphatic hydroxyl groups excluding tert-OH is 1. The number of hydrogen-bond acceptors (Lipinski definition) is 7. The molecule has 0 saturated carbocycles. The lowest BCUT2D eigenvalue weighted by atomic mass is 9.99. The highest BCUT2D eigenvalue weighted by Crippen LogP contribution is 2.45. The van der Waals surface area contributed by atoms with Crippen molar-refractivity contribution in [3.8, 4) is 0 Å². The molecule has 1 fully saturated rings. The van der Waals surface area contributed by atoms with Gasteiger partial charge in [0.15, 0.2) is 5.13 Å². The Morgan fingerprint density at radius 1 is 1.09 bits per heavy atom. The first kappa shape index (κ1) is 21.9. The maximum Gasteiger partial charge on any atom is 0.335 e. The highest BCUT2D eigenvalue weighted by atomic mass is 32.1. The maximum atomic E-state index is 13.8. The summed E-state index contributed by atoms with van der Waals surface area (Å²) in [5.74, 6) is -3.70. The van der Waals surface area contributed by atoms with Crippen LogP contribution < -0.4 is 4.90 Å². The quantitative estimate of drug-likeness (QED) is 0.231. The number of carboxylic acids is 1. The van der Waals surface area contributed by atoms with Crippen LogP contribution in [0.2, 0.25) is 0 Å². The number of rotatable bonds is 4. The molecule has 170 valence electrons. The van der Waals surface area contributed by atoms with Crippen molar-refractivity contribution >= 4 is 61.4 Å². The Morgan fingerprint density at radius 3 is 2.53 bits per heavy atom. The molecule has 7 nitrogen and oxygen atoms in total.